The molecule has 18 heavy (non-hydrogen) atoms. The Labute approximate surface area is 129 Å². The van der Waals surface area contributed by atoms with Gasteiger partial charge in [0, 0.05) is 6.54 Å². The van der Waals surface area contributed by atoms with E-state index in [4.69, 9.17) is 51.7 Å². The van der Waals surface area contributed by atoms with E-state index < -0.39 is 23.5 Å². The van der Waals surface area contributed by atoms with Crippen LogP contribution in [0.15, 0.2) is 0 Å². The molecule has 0 saturated carbocycles. The van der Waals surface area contributed by atoms with Crippen LogP contribution in [0.4, 0.5) is 4.39 Å². The second-order valence-electron chi connectivity index (χ2n) is 3.04. The Hall–Kier alpha value is 0.840. The van der Waals surface area contributed by atoms with Gasteiger partial charge in [-0.3, -0.25) is 0 Å². The predicted octanol–water partition coefficient (Wildman–Crippen LogP) is 3.43. The van der Waals surface area contributed by atoms with Crippen molar-refractivity contribution in [3.63, 3.8) is 0 Å². The lowest BCUT2D eigenvalue weighted by Crippen LogP contribution is -2.38. The van der Waals surface area contributed by atoms with Crippen LogP contribution in [0.25, 0.3) is 0 Å². The molecular weight excluding hydrogens is 369 g/mol. The summed E-state index contributed by atoms with van der Waals surface area (Å²) in [7, 11) is -4.01. The highest BCUT2D eigenvalue weighted by Gasteiger charge is 2.52. The first-order chi connectivity index (χ1) is 7.90. The third-order valence-corrected chi connectivity index (χ3v) is 7.47. The van der Waals surface area contributed by atoms with E-state index in [9.17, 15) is 12.8 Å². The number of hydrogen-bond donors (Lipinski definition) is 0. The molecule has 1 unspecified atom stereocenters. The number of sulfonamides is 1. The maximum Gasteiger partial charge on any atom is 0.301 e. The Morgan fingerprint density at radius 3 is 2.17 bits per heavy atom. The molecule has 0 fully saturated rings. The molecule has 0 aromatic heterocycles. The smallest absolute Gasteiger partial charge is 0.210 e. The summed E-state index contributed by atoms with van der Waals surface area (Å²) in [6.45, 7) is 2.54. The maximum absolute atomic E-state index is 13.3. The highest BCUT2D eigenvalue weighted by atomic mass is 35.5. The molecular formula is C7H9Cl4FN2O2S2. The molecule has 0 heterocycles. The molecule has 0 aliphatic carbocycles. The highest BCUT2D eigenvalue weighted by molar-refractivity contribution is 8.11. The van der Waals surface area contributed by atoms with Crippen molar-refractivity contribution in [2.24, 2.45) is 0 Å². The van der Waals surface area contributed by atoms with Gasteiger partial charge in [-0.2, -0.15) is 5.26 Å². The molecule has 0 N–H and O–H groups in total. The quantitative estimate of drug-likeness (QED) is 0.525. The molecule has 0 saturated heterocycles. The van der Waals surface area contributed by atoms with Gasteiger partial charge < -0.3 is 0 Å². The zero-order chi connectivity index (χ0) is 14.8. The van der Waals surface area contributed by atoms with Crippen LogP contribution in [0.5, 0.6) is 0 Å². The molecule has 0 aromatic carbocycles. The molecule has 0 aromatic rings. The molecule has 0 radical (unpaired) electrons. The zero-order valence-electron chi connectivity index (χ0n) is 9.20. The van der Waals surface area contributed by atoms with Crippen molar-refractivity contribution < 1.29 is 12.8 Å². The summed E-state index contributed by atoms with van der Waals surface area (Å²) in [6, 6.07) is 1.56. The molecule has 0 amide bonds. The average Bonchev–Trinajstić information content (AvgIpc) is 2.22. The van der Waals surface area contributed by atoms with E-state index in [0.29, 0.717) is 3.71 Å². The topological polar surface area (TPSA) is 61.2 Å². The number of nitriles is 1. The maximum atomic E-state index is 13.3. The first-order valence-corrected chi connectivity index (χ1v) is 8.23. The number of rotatable bonds is 6. The highest BCUT2D eigenvalue weighted by Crippen LogP contribution is 2.53. The van der Waals surface area contributed by atoms with Gasteiger partial charge in [0.1, 0.15) is 0 Å². The first kappa shape index (κ1) is 18.8. The van der Waals surface area contributed by atoms with Crippen molar-refractivity contribution in [1.29, 1.82) is 5.26 Å². The first-order valence-electron chi connectivity index (χ1n) is 4.45. The van der Waals surface area contributed by atoms with E-state index in [1.54, 1.807) is 6.07 Å². The van der Waals surface area contributed by atoms with Crippen LogP contribution >= 0.6 is 58.4 Å². The summed E-state index contributed by atoms with van der Waals surface area (Å²) in [6.07, 6.45) is 0. The molecule has 106 valence electrons. The second kappa shape index (κ2) is 6.53. The van der Waals surface area contributed by atoms with Gasteiger partial charge in [0.2, 0.25) is 13.7 Å². The van der Waals surface area contributed by atoms with E-state index in [2.05, 4.69) is 0 Å². The van der Waals surface area contributed by atoms with Gasteiger partial charge in [0.25, 0.3) is 0 Å². The van der Waals surface area contributed by atoms with Crippen LogP contribution in [0.1, 0.15) is 13.8 Å². The van der Waals surface area contributed by atoms with Crippen LogP contribution in [0.3, 0.4) is 0 Å². The van der Waals surface area contributed by atoms with Crippen LogP contribution in [-0.4, -0.2) is 32.2 Å². The summed E-state index contributed by atoms with van der Waals surface area (Å²) >= 11 is 21.5. The van der Waals surface area contributed by atoms with Crippen LogP contribution in [0.2, 0.25) is 0 Å². The standard InChI is InChI=1S/C7H9Cl4FN2O2S2/c1-3-14(18(15,16)5(2)4-13)17-7(10,11)6(8,9)12/h5H,3H2,1-2H3. The summed E-state index contributed by atoms with van der Waals surface area (Å²) < 4.78 is 32.2. The summed E-state index contributed by atoms with van der Waals surface area (Å²) in [5, 5.41) is 7.28. The van der Waals surface area contributed by atoms with Crippen molar-refractivity contribution >= 4 is 68.4 Å². The van der Waals surface area contributed by atoms with Crippen molar-refractivity contribution in [3.05, 3.63) is 0 Å². The normalized spacial score (nSPS) is 15.5. The van der Waals surface area contributed by atoms with Gasteiger partial charge in [0.05, 0.1) is 6.07 Å². The van der Waals surface area contributed by atoms with Crippen LogP contribution in [0, 0.1) is 11.3 Å². The molecule has 4 nitrogen and oxygen atoms in total. The summed E-state index contributed by atoms with van der Waals surface area (Å²) in [5.74, 6) is 0. The van der Waals surface area contributed by atoms with Gasteiger partial charge in [-0.15, -0.1) is 3.71 Å². The van der Waals surface area contributed by atoms with Gasteiger partial charge in [-0.1, -0.05) is 53.3 Å². The minimum Gasteiger partial charge on any atom is -0.210 e. The molecule has 0 rings (SSSR count). The lowest BCUT2D eigenvalue weighted by molar-refractivity contribution is 0.399. The molecule has 11 heteroatoms. The number of alkyl halides is 5. The fourth-order valence-electron chi connectivity index (χ4n) is 0.719. The third kappa shape index (κ3) is 4.44. The molecule has 0 spiro atoms. The minimum atomic E-state index is -4.01. The number of hydrogen-bond acceptors (Lipinski definition) is 4. The van der Waals surface area contributed by atoms with E-state index in [1.165, 1.54) is 13.8 Å². The van der Waals surface area contributed by atoms with Crippen molar-refractivity contribution in [2.75, 3.05) is 6.54 Å². The fraction of sp³-hybridized carbons (Fsp3) is 0.857. The van der Waals surface area contributed by atoms with Crippen molar-refractivity contribution in [3.8, 4) is 6.07 Å². The Morgan fingerprint density at radius 2 is 1.89 bits per heavy atom. The second-order valence-corrected chi connectivity index (χ2v) is 9.70. The third-order valence-electron chi connectivity index (χ3n) is 1.72. The van der Waals surface area contributed by atoms with Crippen molar-refractivity contribution in [2.45, 2.75) is 27.3 Å². The largest absolute Gasteiger partial charge is 0.301 e. The Balaban J connectivity index is 5.24. The Morgan fingerprint density at radius 1 is 1.44 bits per heavy atom. The summed E-state index contributed by atoms with van der Waals surface area (Å²) in [4.78, 5) is 0. The van der Waals surface area contributed by atoms with E-state index in [1.807, 2.05) is 0 Å². The molecule has 0 bridgehead atoms. The Bertz CT molecular complexity index is 432. The van der Waals surface area contributed by atoms with E-state index in [0.717, 1.165) is 0 Å². The van der Waals surface area contributed by atoms with E-state index >= 15 is 0 Å². The van der Waals surface area contributed by atoms with Crippen LogP contribution in [-0.2, 0) is 10.0 Å². The number of nitrogens with zero attached hydrogens (tertiary/aromatic N) is 2. The molecule has 0 aliphatic rings. The monoisotopic (exact) mass is 376 g/mol. The lowest BCUT2D eigenvalue weighted by Gasteiger charge is -2.30. The minimum absolute atomic E-state index is 0.0932. The summed E-state index contributed by atoms with van der Waals surface area (Å²) in [5.41, 5.74) is 0. The molecule has 0 aliphatic heterocycles. The van der Waals surface area contributed by atoms with Crippen LogP contribution < -0.4 is 0 Å². The van der Waals surface area contributed by atoms with E-state index in [-0.39, 0.29) is 18.5 Å². The average molecular weight is 378 g/mol. The lowest BCUT2D eigenvalue weighted by atomic mass is 10.5. The van der Waals surface area contributed by atoms with Gasteiger partial charge in [0.15, 0.2) is 5.25 Å². The molecule has 1 atom stereocenters. The van der Waals surface area contributed by atoms with Gasteiger partial charge in [-0.25, -0.2) is 12.8 Å². The van der Waals surface area contributed by atoms with Gasteiger partial charge in [-0.05, 0) is 18.9 Å². The number of halogens is 5. The van der Waals surface area contributed by atoms with Gasteiger partial charge >= 0.3 is 4.59 Å². The SMILES string of the molecule is CCN(SC(Cl)(Cl)C(F)(Cl)Cl)S(=O)(=O)C(C)C#N. The zero-order valence-corrected chi connectivity index (χ0v) is 13.9. The Kier molecular flexibility index (Phi) is 6.83. The fourth-order valence-corrected chi connectivity index (χ4v) is 4.14. The van der Waals surface area contributed by atoms with Crippen molar-refractivity contribution in [1.82, 2.24) is 3.71 Å². The predicted molar refractivity (Wildman–Crippen MR) is 73.9 cm³/mol.